The second kappa shape index (κ2) is 5.58. The molecule has 0 radical (unpaired) electrons. The molecular formula is C9H11N3O3. The maximum Gasteiger partial charge on any atom is 0.337 e. The lowest BCUT2D eigenvalue weighted by Gasteiger charge is -1.87. The number of urea groups is 1. The van der Waals surface area contributed by atoms with Gasteiger partial charge in [0.1, 0.15) is 0 Å². The van der Waals surface area contributed by atoms with Gasteiger partial charge in [0.2, 0.25) is 0 Å². The van der Waals surface area contributed by atoms with E-state index in [9.17, 15) is 9.59 Å². The number of rotatable bonds is 1. The van der Waals surface area contributed by atoms with E-state index < -0.39 is 5.97 Å². The summed E-state index contributed by atoms with van der Waals surface area (Å²) in [5.74, 6) is -0.942. The number of carboxylic acid groups (broad SMARTS) is 1. The largest absolute Gasteiger partial charge is 0.478 e. The molecule has 6 nitrogen and oxygen atoms in total. The van der Waals surface area contributed by atoms with Crippen molar-refractivity contribution >= 4 is 12.0 Å². The van der Waals surface area contributed by atoms with Gasteiger partial charge in [-0.15, -0.1) is 0 Å². The second-order valence-electron chi connectivity index (χ2n) is 2.73. The summed E-state index contributed by atoms with van der Waals surface area (Å²) >= 11 is 0. The van der Waals surface area contributed by atoms with E-state index in [1.165, 1.54) is 18.5 Å². The summed E-state index contributed by atoms with van der Waals surface area (Å²) < 4.78 is 0. The van der Waals surface area contributed by atoms with Crippen molar-refractivity contribution in [3.8, 4) is 0 Å². The number of aromatic nitrogens is 1. The van der Waals surface area contributed by atoms with Crippen molar-refractivity contribution in [2.75, 3.05) is 13.1 Å². The van der Waals surface area contributed by atoms with Crippen LogP contribution in [0.15, 0.2) is 24.5 Å². The van der Waals surface area contributed by atoms with E-state index in [-0.39, 0.29) is 11.6 Å². The first-order chi connectivity index (χ1) is 7.20. The average molecular weight is 209 g/mol. The summed E-state index contributed by atoms with van der Waals surface area (Å²) in [5, 5.41) is 13.5. The maximum absolute atomic E-state index is 10.2. The molecule has 0 aliphatic carbocycles. The van der Waals surface area contributed by atoms with Crippen LogP contribution in [0.25, 0.3) is 0 Å². The van der Waals surface area contributed by atoms with Crippen molar-refractivity contribution in [1.82, 2.24) is 15.6 Å². The number of nitrogens with zero attached hydrogens (tertiary/aromatic N) is 1. The molecule has 6 heteroatoms. The van der Waals surface area contributed by atoms with Gasteiger partial charge in [-0.05, 0) is 12.1 Å². The maximum atomic E-state index is 10.2. The van der Waals surface area contributed by atoms with Crippen molar-refractivity contribution in [2.45, 2.75) is 0 Å². The van der Waals surface area contributed by atoms with Gasteiger partial charge in [-0.1, -0.05) is 0 Å². The van der Waals surface area contributed by atoms with Crippen molar-refractivity contribution in [3.63, 3.8) is 0 Å². The Morgan fingerprint density at radius 3 is 2.33 bits per heavy atom. The minimum absolute atomic E-state index is 0.0463. The first-order valence-electron chi connectivity index (χ1n) is 4.35. The fraction of sp³-hybridized carbons (Fsp3) is 0.222. The van der Waals surface area contributed by atoms with Crippen LogP contribution < -0.4 is 10.6 Å². The molecule has 0 unspecified atom stereocenters. The van der Waals surface area contributed by atoms with Crippen molar-refractivity contribution < 1.29 is 14.7 Å². The Morgan fingerprint density at radius 1 is 1.40 bits per heavy atom. The summed E-state index contributed by atoms with van der Waals surface area (Å²) in [6.07, 6.45) is 2.84. The van der Waals surface area contributed by atoms with Crippen LogP contribution in [0.5, 0.6) is 0 Å². The lowest BCUT2D eigenvalue weighted by atomic mass is 10.3. The average Bonchev–Trinajstić information content (AvgIpc) is 2.71. The number of hydrogen-bond acceptors (Lipinski definition) is 3. The molecule has 2 rings (SSSR count). The van der Waals surface area contributed by atoms with Gasteiger partial charge in [-0.25, -0.2) is 9.59 Å². The SMILES string of the molecule is O=C(O)c1cccnc1.O=C1NCCN1. The second-order valence-corrected chi connectivity index (χ2v) is 2.73. The predicted octanol–water partition coefficient (Wildman–Crippen LogP) is 0.0790. The standard InChI is InChI=1S/C6H5NO2.C3H6N2O/c8-6(9)5-2-1-3-7-4-5;6-3-4-1-2-5-3/h1-4H,(H,8,9);1-2H2,(H2,4,5,6). The van der Waals surface area contributed by atoms with E-state index in [0.717, 1.165) is 13.1 Å². The Kier molecular flexibility index (Phi) is 4.08. The molecule has 0 atom stereocenters. The van der Waals surface area contributed by atoms with Crippen molar-refractivity contribution in [1.29, 1.82) is 0 Å². The predicted molar refractivity (Wildman–Crippen MR) is 52.6 cm³/mol. The molecule has 1 aromatic rings. The summed E-state index contributed by atoms with van der Waals surface area (Å²) in [7, 11) is 0. The first kappa shape index (κ1) is 11.0. The molecule has 15 heavy (non-hydrogen) atoms. The van der Waals surface area contributed by atoms with Crippen LogP contribution in [0.2, 0.25) is 0 Å². The number of pyridine rings is 1. The highest BCUT2D eigenvalue weighted by Crippen LogP contribution is 1.92. The zero-order chi connectivity index (χ0) is 11.1. The zero-order valence-electron chi connectivity index (χ0n) is 7.93. The summed E-state index contributed by atoms with van der Waals surface area (Å²) in [5.41, 5.74) is 0.220. The fourth-order valence-electron chi connectivity index (χ4n) is 0.904. The Hall–Kier alpha value is -2.11. The number of nitrogens with one attached hydrogen (secondary N) is 2. The Labute approximate surface area is 86.3 Å². The normalized spacial score (nSPS) is 13.2. The van der Waals surface area contributed by atoms with Crippen molar-refractivity contribution in [2.24, 2.45) is 0 Å². The zero-order valence-corrected chi connectivity index (χ0v) is 7.93. The molecule has 1 saturated heterocycles. The quantitative estimate of drug-likeness (QED) is 0.610. The lowest BCUT2D eigenvalue weighted by Crippen LogP contribution is -2.20. The molecule has 2 heterocycles. The Morgan fingerprint density at radius 2 is 2.07 bits per heavy atom. The van der Waals surface area contributed by atoms with E-state index in [0.29, 0.717) is 0 Å². The summed E-state index contributed by atoms with van der Waals surface area (Å²) in [6.45, 7) is 1.55. The number of amides is 2. The molecule has 0 aromatic carbocycles. The minimum atomic E-state index is -0.942. The smallest absolute Gasteiger partial charge is 0.337 e. The number of hydrogen-bond donors (Lipinski definition) is 3. The Bertz CT molecular complexity index is 332. The lowest BCUT2D eigenvalue weighted by molar-refractivity contribution is 0.0696. The van der Waals surface area contributed by atoms with Gasteiger partial charge in [0.15, 0.2) is 0 Å². The van der Waals surface area contributed by atoms with Crippen LogP contribution >= 0.6 is 0 Å². The fourth-order valence-corrected chi connectivity index (χ4v) is 0.904. The van der Waals surface area contributed by atoms with Crippen LogP contribution in [0.1, 0.15) is 10.4 Å². The molecule has 1 aromatic heterocycles. The van der Waals surface area contributed by atoms with Crippen LogP contribution in [-0.2, 0) is 0 Å². The third-order valence-corrected chi connectivity index (χ3v) is 1.60. The van der Waals surface area contributed by atoms with Gasteiger partial charge in [0.05, 0.1) is 5.56 Å². The third-order valence-electron chi connectivity index (χ3n) is 1.60. The highest BCUT2D eigenvalue weighted by atomic mass is 16.4. The third kappa shape index (κ3) is 4.08. The molecule has 1 aliphatic heterocycles. The number of aromatic carboxylic acids is 1. The monoisotopic (exact) mass is 209 g/mol. The number of carbonyl (C=O) groups is 2. The van der Waals surface area contributed by atoms with E-state index in [1.54, 1.807) is 6.07 Å². The van der Waals surface area contributed by atoms with E-state index in [1.807, 2.05) is 0 Å². The van der Waals surface area contributed by atoms with Gasteiger partial charge < -0.3 is 15.7 Å². The number of carboxylic acids is 1. The highest BCUT2D eigenvalue weighted by Gasteiger charge is 2.03. The van der Waals surface area contributed by atoms with Gasteiger partial charge >= 0.3 is 12.0 Å². The molecule has 0 saturated carbocycles. The van der Waals surface area contributed by atoms with E-state index in [2.05, 4.69) is 15.6 Å². The van der Waals surface area contributed by atoms with Crippen LogP contribution in [0.3, 0.4) is 0 Å². The molecule has 1 aliphatic rings. The Balaban J connectivity index is 0.000000162. The molecule has 2 amide bonds. The van der Waals surface area contributed by atoms with Crippen LogP contribution in [0.4, 0.5) is 4.79 Å². The first-order valence-corrected chi connectivity index (χ1v) is 4.35. The van der Waals surface area contributed by atoms with Gasteiger partial charge in [-0.3, -0.25) is 4.98 Å². The van der Waals surface area contributed by atoms with Gasteiger partial charge in [0.25, 0.3) is 0 Å². The van der Waals surface area contributed by atoms with Crippen molar-refractivity contribution in [3.05, 3.63) is 30.1 Å². The molecular weight excluding hydrogens is 198 g/mol. The van der Waals surface area contributed by atoms with Gasteiger partial charge in [-0.2, -0.15) is 0 Å². The van der Waals surface area contributed by atoms with Crippen LogP contribution in [-0.4, -0.2) is 35.2 Å². The van der Waals surface area contributed by atoms with Crippen LogP contribution in [0, 0.1) is 0 Å². The van der Waals surface area contributed by atoms with E-state index in [4.69, 9.17) is 5.11 Å². The molecule has 3 N–H and O–H groups in total. The molecule has 80 valence electrons. The molecule has 0 bridgehead atoms. The summed E-state index contributed by atoms with van der Waals surface area (Å²) in [4.78, 5) is 23.8. The number of carbonyl (C=O) groups excluding carboxylic acids is 1. The highest BCUT2D eigenvalue weighted by molar-refractivity contribution is 5.86. The molecule has 0 spiro atoms. The minimum Gasteiger partial charge on any atom is -0.478 e. The van der Waals surface area contributed by atoms with E-state index >= 15 is 0 Å². The summed E-state index contributed by atoms with van der Waals surface area (Å²) in [6, 6.07) is 3.04. The van der Waals surface area contributed by atoms with Gasteiger partial charge in [0, 0.05) is 25.5 Å². The molecule has 1 fully saturated rings. The topological polar surface area (TPSA) is 91.3 Å².